The molecule has 1 fully saturated rings. The number of halogens is 2. The molecule has 108 valence electrons. The molecule has 1 heterocycles. The van der Waals surface area contributed by atoms with Crippen LogP contribution in [0.5, 0.6) is 0 Å². The Balaban J connectivity index is 2.24. The van der Waals surface area contributed by atoms with Gasteiger partial charge in [-0.1, -0.05) is 30.9 Å². The maximum atomic E-state index is 13.1. The van der Waals surface area contributed by atoms with Gasteiger partial charge in [0.05, 0.1) is 11.8 Å². The largest absolute Gasteiger partial charge is 0.480 e. The maximum absolute atomic E-state index is 13.1. The zero-order chi connectivity index (χ0) is 14.8. The van der Waals surface area contributed by atoms with Gasteiger partial charge < -0.3 is 10.4 Å². The molecular formula is C13H14ClFN2O3. The summed E-state index contributed by atoms with van der Waals surface area (Å²) in [5, 5.41) is 11.7. The second-order valence-corrected chi connectivity index (χ2v) is 5.25. The molecule has 0 radical (unpaired) electrons. The number of nitrogens with one attached hydrogen (secondary N) is 1. The number of carbonyl (C=O) groups is 2. The van der Waals surface area contributed by atoms with Gasteiger partial charge in [0.15, 0.2) is 0 Å². The van der Waals surface area contributed by atoms with Crippen LogP contribution in [0.4, 0.5) is 4.39 Å². The van der Waals surface area contributed by atoms with Gasteiger partial charge >= 0.3 is 5.97 Å². The van der Waals surface area contributed by atoms with Crippen molar-refractivity contribution in [3.63, 3.8) is 0 Å². The van der Waals surface area contributed by atoms with Crippen LogP contribution < -0.4 is 5.32 Å². The molecule has 1 saturated carbocycles. The Morgan fingerprint density at radius 3 is 2.60 bits per heavy atom. The predicted octanol–water partition coefficient (Wildman–Crippen LogP) is 2.39. The van der Waals surface area contributed by atoms with Crippen LogP contribution in [-0.4, -0.2) is 27.5 Å². The van der Waals surface area contributed by atoms with E-state index in [0.29, 0.717) is 12.8 Å². The first-order valence-electron chi connectivity index (χ1n) is 6.31. The zero-order valence-corrected chi connectivity index (χ0v) is 11.4. The number of carbonyl (C=O) groups excluding carboxylic acids is 1. The minimum Gasteiger partial charge on any atom is -0.480 e. The molecule has 7 heteroatoms. The third-order valence-corrected chi connectivity index (χ3v) is 3.82. The Labute approximate surface area is 120 Å². The molecule has 5 nitrogen and oxygen atoms in total. The molecule has 1 aliphatic rings. The van der Waals surface area contributed by atoms with Crippen LogP contribution in [0.2, 0.25) is 5.15 Å². The van der Waals surface area contributed by atoms with E-state index in [4.69, 9.17) is 11.6 Å². The van der Waals surface area contributed by atoms with Crippen LogP contribution >= 0.6 is 11.6 Å². The number of rotatable bonds is 3. The van der Waals surface area contributed by atoms with Crippen molar-refractivity contribution in [1.29, 1.82) is 0 Å². The first-order valence-corrected chi connectivity index (χ1v) is 6.69. The Morgan fingerprint density at radius 2 is 2.00 bits per heavy atom. The van der Waals surface area contributed by atoms with Gasteiger partial charge in [0.1, 0.15) is 16.5 Å². The summed E-state index contributed by atoms with van der Waals surface area (Å²) >= 11 is 5.75. The number of nitrogens with zero attached hydrogens (tertiary/aromatic N) is 1. The molecule has 1 aliphatic carbocycles. The highest BCUT2D eigenvalue weighted by Gasteiger charge is 2.41. The minimum absolute atomic E-state index is 0.153. The second-order valence-electron chi connectivity index (χ2n) is 4.89. The average molecular weight is 301 g/mol. The first kappa shape index (κ1) is 14.7. The van der Waals surface area contributed by atoms with E-state index >= 15 is 0 Å². The van der Waals surface area contributed by atoms with Gasteiger partial charge in [-0.3, -0.25) is 4.79 Å². The van der Waals surface area contributed by atoms with Gasteiger partial charge in [0, 0.05) is 0 Å². The second kappa shape index (κ2) is 5.75. The van der Waals surface area contributed by atoms with Gasteiger partial charge in [-0.25, -0.2) is 14.2 Å². The Kier molecular flexibility index (Phi) is 4.23. The summed E-state index contributed by atoms with van der Waals surface area (Å²) in [5.74, 6) is -2.50. The molecule has 20 heavy (non-hydrogen) atoms. The van der Waals surface area contributed by atoms with Crippen molar-refractivity contribution < 1.29 is 19.1 Å². The molecule has 1 aromatic rings. The fraction of sp³-hybridized carbons (Fsp3) is 0.462. The van der Waals surface area contributed by atoms with Crippen molar-refractivity contribution in [2.24, 2.45) is 0 Å². The molecule has 1 aromatic heterocycles. The lowest BCUT2D eigenvalue weighted by atomic mass is 9.81. The lowest BCUT2D eigenvalue weighted by Gasteiger charge is -2.34. The summed E-state index contributed by atoms with van der Waals surface area (Å²) in [5.41, 5.74) is -1.46. The van der Waals surface area contributed by atoms with Gasteiger partial charge in [0.2, 0.25) is 0 Å². The summed E-state index contributed by atoms with van der Waals surface area (Å²) in [6.07, 6.45) is 3.99. The van der Waals surface area contributed by atoms with Crippen molar-refractivity contribution in [3.05, 3.63) is 28.8 Å². The van der Waals surface area contributed by atoms with Gasteiger partial charge in [0.25, 0.3) is 5.91 Å². The molecule has 0 spiro atoms. The Morgan fingerprint density at radius 1 is 1.35 bits per heavy atom. The SMILES string of the molecule is O=C(NC1(C(=O)O)CCCCC1)c1cc(F)cnc1Cl. The molecule has 1 amide bonds. The third-order valence-electron chi connectivity index (χ3n) is 3.52. The van der Waals surface area contributed by atoms with Crippen LogP contribution in [0, 0.1) is 5.82 Å². The number of carboxylic acids is 1. The van der Waals surface area contributed by atoms with E-state index in [1.807, 2.05) is 0 Å². The topological polar surface area (TPSA) is 79.3 Å². The molecule has 0 aliphatic heterocycles. The highest BCUT2D eigenvalue weighted by Crippen LogP contribution is 2.29. The molecule has 2 rings (SSSR count). The summed E-state index contributed by atoms with van der Waals surface area (Å²) in [7, 11) is 0. The van der Waals surface area contributed by atoms with Crippen LogP contribution in [0.1, 0.15) is 42.5 Å². The van der Waals surface area contributed by atoms with Crippen molar-refractivity contribution in [1.82, 2.24) is 10.3 Å². The summed E-state index contributed by atoms with van der Waals surface area (Å²) in [6.45, 7) is 0. The van der Waals surface area contributed by atoms with E-state index in [-0.39, 0.29) is 10.7 Å². The van der Waals surface area contributed by atoms with Gasteiger partial charge in [-0.2, -0.15) is 0 Å². The van der Waals surface area contributed by atoms with E-state index in [1.54, 1.807) is 0 Å². The summed E-state index contributed by atoms with van der Waals surface area (Å²) < 4.78 is 13.1. The van der Waals surface area contributed by atoms with Crippen molar-refractivity contribution in [2.75, 3.05) is 0 Å². The van der Waals surface area contributed by atoms with Crippen molar-refractivity contribution in [2.45, 2.75) is 37.6 Å². The molecule has 0 saturated heterocycles. The quantitative estimate of drug-likeness (QED) is 0.840. The van der Waals surface area contributed by atoms with Crippen LogP contribution in [-0.2, 0) is 4.79 Å². The van der Waals surface area contributed by atoms with Gasteiger partial charge in [-0.15, -0.1) is 0 Å². The fourth-order valence-electron chi connectivity index (χ4n) is 2.41. The molecule has 0 bridgehead atoms. The molecule has 0 aromatic carbocycles. The smallest absolute Gasteiger partial charge is 0.329 e. The molecule has 2 N–H and O–H groups in total. The Hall–Kier alpha value is -1.69. The number of aromatic nitrogens is 1. The standard InChI is InChI=1S/C13H14ClFN2O3/c14-10-9(6-8(15)7-16-10)11(18)17-13(12(19)20)4-2-1-3-5-13/h6-7H,1-5H2,(H,17,18)(H,19,20). The van der Waals surface area contributed by atoms with Crippen LogP contribution in [0.25, 0.3) is 0 Å². The lowest BCUT2D eigenvalue weighted by molar-refractivity contribution is -0.145. The van der Waals surface area contributed by atoms with E-state index in [1.165, 1.54) is 0 Å². The number of amides is 1. The molecular weight excluding hydrogens is 287 g/mol. The minimum atomic E-state index is -1.30. The third kappa shape index (κ3) is 2.90. The maximum Gasteiger partial charge on any atom is 0.329 e. The van der Waals surface area contributed by atoms with E-state index < -0.39 is 23.2 Å². The summed E-state index contributed by atoms with van der Waals surface area (Å²) in [4.78, 5) is 27.1. The normalized spacial score (nSPS) is 17.5. The first-order chi connectivity index (χ1) is 9.44. The van der Waals surface area contributed by atoms with Crippen LogP contribution in [0.3, 0.4) is 0 Å². The number of pyridine rings is 1. The lowest BCUT2D eigenvalue weighted by Crippen LogP contribution is -2.55. The predicted molar refractivity (Wildman–Crippen MR) is 70.1 cm³/mol. The van der Waals surface area contributed by atoms with E-state index in [9.17, 15) is 19.1 Å². The van der Waals surface area contributed by atoms with E-state index in [2.05, 4.69) is 10.3 Å². The van der Waals surface area contributed by atoms with E-state index in [0.717, 1.165) is 31.5 Å². The fourth-order valence-corrected chi connectivity index (χ4v) is 2.60. The number of carboxylic acid groups (broad SMARTS) is 1. The highest BCUT2D eigenvalue weighted by molar-refractivity contribution is 6.32. The van der Waals surface area contributed by atoms with Crippen molar-refractivity contribution >= 4 is 23.5 Å². The van der Waals surface area contributed by atoms with Crippen LogP contribution in [0.15, 0.2) is 12.3 Å². The average Bonchev–Trinajstić information content (AvgIpc) is 2.42. The monoisotopic (exact) mass is 300 g/mol. The number of hydrogen-bond donors (Lipinski definition) is 2. The molecule has 0 atom stereocenters. The number of hydrogen-bond acceptors (Lipinski definition) is 3. The van der Waals surface area contributed by atoms with Crippen molar-refractivity contribution in [3.8, 4) is 0 Å². The highest BCUT2D eigenvalue weighted by atomic mass is 35.5. The molecule has 0 unspecified atom stereocenters. The Bertz CT molecular complexity index is 544. The number of aliphatic carboxylic acids is 1. The van der Waals surface area contributed by atoms with Gasteiger partial charge in [-0.05, 0) is 18.9 Å². The summed E-state index contributed by atoms with van der Waals surface area (Å²) in [6, 6.07) is 0.947. The zero-order valence-electron chi connectivity index (χ0n) is 10.7.